The standard InChI is InChI=1S/C22H18N4O2/c1-15-24-22(28-26-15)18-12-10-17(11-13-18)21(27)25-20(16-7-3-2-4-8-16)19-9-5-6-14-23-19/h2-14,20H,1H3,(H,25,27). The molecule has 6 heteroatoms. The monoisotopic (exact) mass is 370 g/mol. The first-order valence-electron chi connectivity index (χ1n) is 8.88. The number of rotatable bonds is 5. The fourth-order valence-electron chi connectivity index (χ4n) is 2.91. The lowest BCUT2D eigenvalue weighted by Gasteiger charge is -2.19. The number of nitrogens with one attached hydrogen (secondary N) is 1. The number of aryl methyl sites for hydroxylation is 1. The van der Waals surface area contributed by atoms with E-state index in [4.69, 9.17) is 4.52 Å². The minimum absolute atomic E-state index is 0.187. The molecule has 0 aliphatic heterocycles. The van der Waals surface area contributed by atoms with E-state index in [1.807, 2.05) is 48.5 Å². The summed E-state index contributed by atoms with van der Waals surface area (Å²) in [4.78, 5) is 21.5. The van der Waals surface area contributed by atoms with Crippen LogP contribution in [0.1, 0.15) is 33.5 Å². The van der Waals surface area contributed by atoms with Crippen LogP contribution >= 0.6 is 0 Å². The van der Waals surface area contributed by atoms with E-state index < -0.39 is 0 Å². The number of carbonyl (C=O) groups is 1. The van der Waals surface area contributed by atoms with E-state index in [0.29, 0.717) is 17.3 Å². The molecule has 1 unspecified atom stereocenters. The van der Waals surface area contributed by atoms with E-state index in [-0.39, 0.29) is 11.9 Å². The van der Waals surface area contributed by atoms with Crippen molar-refractivity contribution in [3.8, 4) is 11.5 Å². The van der Waals surface area contributed by atoms with Crippen molar-refractivity contribution in [2.24, 2.45) is 0 Å². The van der Waals surface area contributed by atoms with Crippen LogP contribution in [0.25, 0.3) is 11.5 Å². The highest BCUT2D eigenvalue weighted by Gasteiger charge is 2.19. The van der Waals surface area contributed by atoms with Crippen LogP contribution < -0.4 is 5.32 Å². The van der Waals surface area contributed by atoms with Gasteiger partial charge in [-0.15, -0.1) is 0 Å². The number of carbonyl (C=O) groups excluding carboxylic acids is 1. The summed E-state index contributed by atoms with van der Waals surface area (Å²) < 4.78 is 5.16. The first kappa shape index (κ1) is 17.6. The van der Waals surface area contributed by atoms with Crippen molar-refractivity contribution in [1.29, 1.82) is 0 Å². The number of pyridine rings is 1. The molecular formula is C22H18N4O2. The van der Waals surface area contributed by atoms with Gasteiger partial charge < -0.3 is 9.84 Å². The molecule has 6 nitrogen and oxygen atoms in total. The minimum Gasteiger partial charge on any atom is -0.340 e. The summed E-state index contributed by atoms with van der Waals surface area (Å²) in [6, 6.07) is 22.2. The predicted octanol–water partition coefficient (Wildman–Crippen LogP) is 3.96. The van der Waals surface area contributed by atoms with Gasteiger partial charge >= 0.3 is 0 Å². The van der Waals surface area contributed by atoms with Crippen molar-refractivity contribution in [2.45, 2.75) is 13.0 Å². The van der Waals surface area contributed by atoms with Crippen LogP contribution in [-0.4, -0.2) is 21.0 Å². The Morgan fingerprint density at radius 2 is 1.71 bits per heavy atom. The van der Waals surface area contributed by atoms with Gasteiger partial charge in [-0.3, -0.25) is 9.78 Å². The summed E-state index contributed by atoms with van der Waals surface area (Å²) in [7, 11) is 0. The molecule has 0 aliphatic carbocycles. The quantitative estimate of drug-likeness (QED) is 0.575. The van der Waals surface area contributed by atoms with E-state index in [2.05, 4.69) is 20.4 Å². The van der Waals surface area contributed by atoms with Gasteiger partial charge in [0.2, 0.25) is 0 Å². The molecule has 0 fully saturated rings. The maximum atomic E-state index is 12.9. The van der Waals surface area contributed by atoms with Crippen molar-refractivity contribution < 1.29 is 9.32 Å². The molecule has 28 heavy (non-hydrogen) atoms. The SMILES string of the molecule is Cc1noc(-c2ccc(C(=O)NC(c3ccccc3)c3ccccn3)cc2)n1. The molecule has 0 aliphatic rings. The van der Waals surface area contributed by atoms with Gasteiger partial charge in [0.25, 0.3) is 11.8 Å². The summed E-state index contributed by atoms with van der Waals surface area (Å²) in [5.41, 5.74) is 3.05. The zero-order valence-corrected chi connectivity index (χ0v) is 15.2. The summed E-state index contributed by atoms with van der Waals surface area (Å²) in [6.07, 6.45) is 1.72. The van der Waals surface area contributed by atoms with E-state index in [9.17, 15) is 4.79 Å². The lowest BCUT2D eigenvalue weighted by atomic mass is 10.0. The maximum Gasteiger partial charge on any atom is 0.257 e. The first-order chi connectivity index (χ1) is 13.7. The molecule has 0 saturated carbocycles. The number of benzene rings is 2. The van der Waals surface area contributed by atoms with Crippen LogP contribution in [-0.2, 0) is 0 Å². The van der Waals surface area contributed by atoms with Crippen LogP contribution in [0.4, 0.5) is 0 Å². The summed E-state index contributed by atoms with van der Waals surface area (Å²) in [6.45, 7) is 1.76. The van der Waals surface area contributed by atoms with Gasteiger partial charge in [0.05, 0.1) is 11.7 Å². The normalized spacial score (nSPS) is 11.8. The Hall–Kier alpha value is -3.80. The molecule has 0 spiro atoms. The third-order valence-corrected chi connectivity index (χ3v) is 4.31. The van der Waals surface area contributed by atoms with Gasteiger partial charge in [0, 0.05) is 17.3 Å². The zero-order valence-electron chi connectivity index (χ0n) is 15.2. The lowest BCUT2D eigenvalue weighted by molar-refractivity contribution is 0.0942. The van der Waals surface area contributed by atoms with Gasteiger partial charge in [-0.1, -0.05) is 41.6 Å². The van der Waals surface area contributed by atoms with Crippen molar-refractivity contribution in [3.05, 3.63) is 102 Å². The lowest BCUT2D eigenvalue weighted by Crippen LogP contribution is -2.29. The molecule has 0 saturated heterocycles. The summed E-state index contributed by atoms with van der Waals surface area (Å²) in [5, 5.41) is 6.86. The van der Waals surface area contributed by atoms with Gasteiger partial charge in [0.1, 0.15) is 0 Å². The third kappa shape index (κ3) is 3.81. The van der Waals surface area contributed by atoms with E-state index in [1.54, 1.807) is 37.4 Å². The van der Waals surface area contributed by atoms with Crippen molar-refractivity contribution in [1.82, 2.24) is 20.4 Å². The molecular weight excluding hydrogens is 352 g/mol. The van der Waals surface area contributed by atoms with Gasteiger partial charge in [0.15, 0.2) is 5.82 Å². The number of hydrogen-bond acceptors (Lipinski definition) is 5. The number of hydrogen-bond donors (Lipinski definition) is 1. The fraction of sp³-hybridized carbons (Fsp3) is 0.0909. The number of amides is 1. The second kappa shape index (κ2) is 7.84. The summed E-state index contributed by atoms with van der Waals surface area (Å²) in [5.74, 6) is 0.811. The van der Waals surface area contributed by atoms with Gasteiger partial charge in [-0.25, -0.2) is 0 Å². The molecule has 0 radical (unpaired) electrons. The van der Waals surface area contributed by atoms with E-state index in [1.165, 1.54) is 0 Å². The molecule has 2 aromatic carbocycles. The highest BCUT2D eigenvalue weighted by atomic mass is 16.5. The van der Waals surface area contributed by atoms with Crippen LogP contribution in [0.15, 0.2) is 83.5 Å². The van der Waals surface area contributed by atoms with Crippen molar-refractivity contribution in [2.75, 3.05) is 0 Å². The van der Waals surface area contributed by atoms with Crippen molar-refractivity contribution >= 4 is 5.91 Å². The molecule has 1 amide bonds. The zero-order chi connectivity index (χ0) is 19.3. The highest BCUT2D eigenvalue weighted by molar-refractivity contribution is 5.95. The van der Waals surface area contributed by atoms with Crippen LogP contribution in [0.2, 0.25) is 0 Å². The second-order valence-corrected chi connectivity index (χ2v) is 6.30. The summed E-state index contributed by atoms with van der Waals surface area (Å²) >= 11 is 0. The predicted molar refractivity (Wildman–Crippen MR) is 104 cm³/mol. The third-order valence-electron chi connectivity index (χ3n) is 4.31. The topological polar surface area (TPSA) is 80.9 Å². The molecule has 2 heterocycles. The number of nitrogens with zero attached hydrogens (tertiary/aromatic N) is 3. The van der Waals surface area contributed by atoms with E-state index >= 15 is 0 Å². The van der Waals surface area contributed by atoms with Crippen LogP contribution in [0.3, 0.4) is 0 Å². The highest BCUT2D eigenvalue weighted by Crippen LogP contribution is 2.22. The average Bonchev–Trinajstić information content (AvgIpc) is 3.19. The fourth-order valence-corrected chi connectivity index (χ4v) is 2.91. The Balaban J connectivity index is 1.58. The van der Waals surface area contributed by atoms with Gasteiger partial charge in [-0.2, -0.15) is 4.98 Å². The van der Waals surface area contributed by atoms with Crippen molar-refractivity contribution in [3.63, 3.8) is 0 Å². The van der Waals surface area contributed by atoms with Crippen LogP contribution in [0.5, 0.6) is 0 Å². The van der Waals surface area contributed by atoms with E-state index in [0.717, 1.165) is 16.8 Å². The van der Waals surface area contributed by atoms with Gasteiger partial charge in [-0.05, 0) is 48.9 Å². The van der Waals surface area contributed by atoms with Crippen LogP contribution in [0, 0.1) is 6.92 Å². The Labute approximate surface area is 162 Å². The Morgan fingerprint density at radius 3 is 2.36 bits per heavy atom. The molecule has 1 N–H and O–H groups in total. The largest absolute Gasteiger partial charge is 0.340 e. The number of aromatic nitrogens is 3. The minimum atomic E-state index is -0.340. The smallest absolute Gasteiger partial charge is 0.257 e. The maximum absolute atomic E-state index is 12.9. The molecule has 2 aromatic heterocycles. The molecule has 4 aromatic rings. The first-order valence-corrected chi connectivity index (χ1v) is 8.88. The molecule has 0 bridgehead atoms. The average molecular weight is 370 g/mol. The molecule has 138 valence electrons. The Kier molecular flexibility index (Phi) is 4.93. The second-order valence-electron chi connectivity index (χ2n) is 6.30. The Bertz CT molecular complexity index is 1020. The molecule has 4 rings (SSSR count). The molecule has 1 atom stereocenters. The Morgan fingerprint density at radius 1 is 0.964 bits per heavy atom.